The number of likely N-dealkylation sites (tertiary alicyclic amines) is 1. The molecule has 1 N–H and O–H groups in total. The van der Waals surface area contributed by atoms with Crippen LogP contribution < -0.4 is 10.1 Å². The summed E-state index contributed by atoms with van der Waals surface area (Å²) in [5.74, 6) is 1.75. The fourth-order valence-electron chi connectivity index (χ4n) is 4.23. The molecule has 2 aliphatic rings. The molecule has 2 heterocycles. The number of nitrogens with one attached hydrogen (secondary N) is 1. The van der Waals surface area contributed by atoms with E-state index in [-0.39, 0.29) is 16.8 Å². The van der Waals surface area contributed by atoms with E-state index in [4.69, 9.17) is 4.74 Å². The number of urea groups is 1. The van der Waals surface area contributed by atoms with Crippen molar-refractivity contribution in [1.29, 1.82) is 0 Å². The molecule has 0 saturated carbocycles. The van der Waals surface area contributed by atoms with Gasteiger partial charge < -0.3 is 19.9 Å². The first-order chi connectivity index (χ1) is 14.5. The fourth-order valence-corrected chi connectivity index (χ4v) is 5.69. The summed E-state index contributed by atoms with van der Waals surface area (Å²) in [6.45, 7) is 3.99. The lowest BCUT2D eigenvalue weighted by atomic mass is 10.00. The van der Waals surface area contributed by atoms with Crippen LogP contribution in [-0.2, 0) is 0 Å². The number of hydrogen-bond acceptors (Lipinski definition) is 4. The summed E-state index contributed by atoms with van der Waals surface area (Å²) in [5.41, 5.74) is 2.49. The van der Waals surface area contributed by atoms with Crippen LogP contribution in [0.4, 0.5) is 10.5 Å². The second-order valence-corrected chi connectivity index (χ2v) is 9.17. The van der Waals surface area contributed by atoms with E-state index in [2.05, 4.69) is 5.32 Å². The Kier molecular flexibility index (Phi) is 5.90. The molecule has 0 unspecified atom stereocenters. The second kappa shape index (κ2) is 8.60. The van der Waals surface area contributed by atoms with E-state index in [1.807, 2.05) is 71.0 Å². The normalized spacial score (nSPS) is 17.8. The predicted molar refractivity (Wildman–Crippen MR) is 120 cm³/mol. The van der Waals surface area contributed by atoms with Gasteiger partial charge in [0.25, 0.3) is 5.91 Å². The van der Waals surface area contributed by atoms with Crippen molar-refractivity contribution in [2.45, 2.75) is 24.6 Å². The van der Waals surface area contributed by atoms with Crippen LogP contribution in [0.25, 0.3) is 0 Å². The third-order valence-corrected chi connectivity index (χ3v) is 7.50. The molecule has 0 radical (unpaired) electrons. The van der Waals surface area contributed by atoms with Crippen molar-refractivity contribution in [3.8, 4) is 5.75 Å². The van der Waals surface area contributed by atoms with Gasteiger partial charge in [-0.2, -0.15) is 0 Å². The van der Waals surface area contributed by atoms with E-state index in [0.717, 1.165) is 36.3 Å². The van der Waals surface area contributed by atoms with Crippen LogP contribution in [0.2, 0.25) is 0 Å². The van der Waals surface area contributed by atoms with Gasteiger partial charge in [0.15, 0.2) is 0 Å². The SMILES string of the molecule is COc1cccc(NC(=O)N2CCC3(CC2)SCCN3C(=O)c2ccccc2C)c1. The minimum atomic E-state index is -0.216. The molecule has 0 aliphatic carbocycles. The van der Waals surface area contributed by atoms with Gasteiger partial charge in [-0.15, -0.1) is 11.8 Å². The standard InChI is InChI=1S/C23H27N3O3S/c1-17-6-3-4-9-20(17)21(27)26-14-15-30-23(26)10-12-25(13-11-23)22(28)24-18-7-5-8-19(16-18)29-2/h3-9,16H,10-15H2,1-2H3,(H,24,28). The number of benzene rings is 2. The number of piperidine rings is 1. The molecule has 0 atom stereocenters. The average molecular weight is 426 g/mol. The molecule has 0 bridgehead atoms. The van der Waals surface area contributed by atoms with E-state index in [1.165, 1.54) is 0 Å². The quantitative estimate of drug-likeness (QED) is 0.800. The van der Waals surface area contributed by atoms with Gasteiger partial charge in [0, 0.05) is 42.7 Å². The summed E-state index contributed by atoms with van der Waals surface area (Å²) in [6, 6.07) is 15.0. The number of rotatable bonds is 3. The average Bonchev–Trinajstić information content (AvgIpc) is 3.17. The summed E-state index contributed by atoms with van der Waals surface area (Å²) in [6.07, 6.45) is 1.56. The lowest BCUT2D eigenvalue weighted by Gasteiger charge is -2.44. The highest BCUT2D eigenvalue weighted by atomic mass is 32.2. The Bertz CT molecular complexity index is 941. The zero-order chi connectivity index (χ0) is 21.1. The van der Waals surface area contributed by atoms with Gasteiger partial charge >= 0.3 is 6.03 Å². The minimum Gasteiger partial charge on any atom is -0.497 e. The third kappa shape index (κ3) is 3.99. The maximum Gasteiger partial charge on any atom is 0.321 e. The van der Waals surface area contributed by atoms with Crippen molar-refractivity contribution < 1.29 is 14.3 Å². The summed E-state index contributed by atoms with van der Waals surface area (Å²) in [4.78, 5) is 29.7. The molecule has 0 aromatic heterocycles. The van der Waals surface area contributed by atoms with E-state index in [9.17, 15) is 9.59 Å². The van der Waals surface area contributed by atoms with E-state index >= 15 is 0 Å². The highest BCUT2D eigenvalue weighted by Gasteiger charge is 2.47. The van der Waals surface area contributed by atoms with Crippen molar-refractivity contribution in [2.75, 3.05) is 37.8 Å². The minimum absolute atomic E-state index is 0.104. The van der Waals surface area contributed by atoms with Gasteiger partial charge in [0.05, 0.1) is 12.0 Å². The van der Waals surface area contributed by atoms with Crippen molar-refractivity contribution in [2.24, 2.45) is 0 Å². The molecule has 158 valence electrons. The molecule has 7 heteroatoms. The molecule has 6 nitrogen and oxygen atoms in total. The Balaban J connectivity index is 1.41. The van der Waals surface area contributed by atoms with Gasteiger partial charge in [0.1, 0.15) is 5.75 Å². The zero-order valence-electron chi connectivity index (χ0n) is 17.4. The van der Waals surface area contributed by atoms with Crippen molar-refractivity contribution >= 4 is 29.4 Å². The highest BCUT2D eigenvalue weighted by molar-refractivity contribution is 8.00. The molecule has 2 aromatic rings. The molecule has 30 heavy (non-hydrogen) atoms. The summed E-state index contributed by atoms with van der Waals surface area (Å²) in [7, 11) is 1.61. The molecule has 1 spiro atoms. The largest absolute Gasteiger partial charge is 0.497 e. The van der Waals surface area contributed by atoms with Crippen LogP contribution in [0, 0.1) is 6.92 Å². The van der Waals surface area contributed by atoms with Gasteiger partial charge in [-0.3, -0.25) is 4.79 Å². The van der Waals surface area contributed by atoms with Crippen molar-refractivity contribution in [1.82, 2.24) is 9.80 Å². The van der Waals surface area contributed by atoms with Crippen molar-refractivity contribution in [3.05, 3.63) is 59.7 Å². The first-order valence-electron chi connectivity index (χ1n) is 10.2. The van der Waals surface area contributed by atoms with Gasteiger partial charge in [-0.25, -0.2) is 4.79 Å². The fraction of sp³-hybridized carbons (Fsp3) is 0.391. The smallest absolute Gasteiger partial charge is 0.321 e. The van der Waals surface area contributed by atoms with E-state index in [0.29, 0.717) is 24.5 Å². The summed E-state index contributed by atoms with van der Waals surface area (Å²) in [5, 5.41) is 2.95. The topological polar surface area (TPSA) is 61.9 Å². The van der Waals surface area contributed by atoms with Crippen LogP contribution in [0.5, 0.6) is 5.75 Å². The monoisotopic (exact) mass is 425 g/mol. The second-order valence-electron chi connectivity index (χ2n) is 7.72. The lowest BCUT2D eigenvalue weighted by molar-refractivity contribution is 0.0585. The Morgan fingerprint density at radius 2 is 1.83 bits per heavy atom. The Hall–Kier alpha value is -2.67. The third-order valence-electron chi connectivity index (χ3n) is 5.95. The summed E-state index contributed by atoms with van der Waals surface area (Å²) >= 11 is 1.86. The van der Waals surface area contributed by atoms with E-state index in [1.54, 1.807) is 13.2 Å². The van der Waals surface area contributed by atoms with Crippen LogP contribution in [0.1, 0.15) is 28.8 Å². The Morgan fingerprint density at radius 1 is 1.07 bits per heavy atom. The Morgan fingerprint density at radius 3 is 2.57 bits per heavy atom. The number of methoxy groups -OCH3 is 1. The number of carbonyl (C=O) groups excluding carboxylic acids is 2. The van der Waals surface area contributed by atoms with Crippen molar-refractivity contribution in [3.63, 3.8) is 0 Å². The summed E-state index contributed by atoms with van der Waals surface area (Å²) < 4.78 is 5.22. The van der Waals surface area contributed by atoms with Gasteiger partial charge in [-0.1, -0.05) is 24.3 Å². The Labute approximate surface area is 181 Å². The van der Waals surface area contributed by atoms with Crippen LogP contribution in [0.3, 0.4) is 0 Å². The predicted octanol–water partition coefficient (Wildman–Crippen LogP) is 4.22. The maximum atomic E-state index is 13.3. The number of nitrogens with zero attached hydrogens (tertiary/aromatic N) is 2. The number of carbonyl (C=O) groups is 2. The zero-order valence-corrected chi connectivity index (χ0v) is 18.2. The maximum absolute atomic E-state index is 13.3. The number of amides is 3. The van der Waals surface area contributed by atoms with E-state index < -0.39 is 0 Å². The van der Waals surface area contributed by atoms with Crippen LogP contribution in [0.15, 0.2) is 48.5 Å². The molecule has 4 rings (SSSR count). The lowest BCUT2D eigenvalue weighted by Crippen LogP contribution is -2.54. The van der Waals surface area contributed by atoms with Gasteiger partial charge in [-0.05, 0) is 43.5 Å². The number of anilines is 1. The van der Waals surface area contributed by atoms with Crippen LogP contribution >= 0.6 is 11.8 Å². The molecule has 2 aromatic carbocycles. The highest BCUT2D eigenvalue weighted by Crippen LogP contribution is 2.44. The molecule has 3 amide bonds. The molecule has 2 fully saturated rings. The molecular weight excluding hydrogens is 398 g/mol. The number of hydrogen-bond donors (Lipinski definition) is 1. The first kappa shape index (κ1) is 20.6. The first-order valence-corrected chi connectivity index (χ1v) is 11.2. The molecular formula is C23H27N3O3S. The molecule has 2 aliphatic heterocycles. The molecule has 2 saturated heterocycles. The van der Waals surface area contributed by atoms with Gasteiger partial charge in [0.2, 0.25) is 0 Å². The number of ether oxygens (including phenoxy) is 1. The number of aryl methyl sites for hydroxylation is 1. The number of thioether (sulfide) groups is 1. The van der Waals surface area contributed by atoms with Crippen LogP contribution in [-0.4, -0.2) is 59.1 Å².